The van der Waals surface area contributed by atoms with E-state index in [-0.39, 0.29) is 12.5 Å². The third-order valence-electron chi connectivity index (χ3n) is 3.74. The van der Waals surface area contributed by atoms with Crippen molar-refractivity contribution in [1.82, 2.24) is 4.90 Å². The van der Waals surface area contributed by atoms with Gasteiger partial charge in [0, 0.05) is 30.6 Å². The van der Waals surface area contributed by atoms with Gasteiger partial charge in [-0.3, -0.25) is 4.79 Å². The number of carbonyl (C=O) groups is 1. The Morgan fingerprint density at radius 2 is 2.05 bits per heavy atom. The summed E-state index contributed by atoms with van der Waals surface area (Å²) < 4.78 is 0. The highest BCUT2D eigenvalue weighted by molar-refractivity contribution is 5.94. The molecule has 2 rings (SSSR count). The van der Waals surface area contributed by atoms with Crippen LogP contribution in [0.3, 0.4) is 0 Å². The van der Waals surface area contributed by atoms with E-state index in [4.69, 9.17) is 5.11 Å². The predicted molar refractivity (Wildman–Crippen MR) is 83.9 cm³/mol. The summed E-state index contributed by atoms with van der Waals surface area (Å²) in [4.78, 5) is 14.6. The van der Waals surface area contributed by atoms with Crippen molar-refractivity contribution in [2.45, 2.75) is 26.7 Å². The molecule has 2 atom stereocenters. The first-order valence-corrected chi connectivity index (χ1v) is 7.59. The minimum atomic E-state index is 0.0647. The lowest BCUT2D eigenvalue weighted by molar-refractivity contribution is 0.0623. The molecule has 21 heavy (non-hydrogen) atoms. The van der Waals surface area contributed by atoms with Crippen LogP contribution in [0.2, 0.25) is 0 Å². The van der Waals surface area contributed by atoms with Crippen LogP contribution in [0, 0.1) is 23.7 Å². The summed E-state index contributed by atoms with van der Waals surface area (Å²) in [6.45, 7) is 6.14. The van der Waals surface area contributed by atoms with E-state index >= 15 is 0 Å². The van der Waals surface area contributed by atoms with Gasteiger partial charge in [-0.1, -0.05) is 31.8 Å². The highest BCUT2D eigenvalue weighted by Crippen LogP contribution is 2.22. The molecule has 1 N–H and O–H groups in total. The van der Waals surface area contributed by atoms with Crippen LogP contribution in [0.5, 0.6) is 0 Å². The summed E-state index contributed by atoms with van der Waals surface area (Å²) in [5, 5.41) is 8.74. The molecule has 1 aromatic carbocycles. The molecule has 1 fully saturated rings. The Morgan fingerprint density at radius 3 is 2.71 bits per heavy atom. The molecular formula is C18H23NO2. The Hall–Kier alpha value is -1.79. The molecule has 0 spiro atoms. The number of benzene rings is 1. The summed E-state index contributed by atoms with van der Waals surface area (Å²) in [7, 11) is 0. The van der Waals surface area contributed by atoms with Gasteiger partial charge >= 0.3 is 0 Å². The van der Waals surface area contributed by atoms with Crippen LogP contribution in [0.4, 0.5) is 0 Å². The van der Waals surface area contributed by atoms with Gasteiger partial charge in [0.05, 0.1) is 6.61 Å². The van der Waals surface area contributed by atoms with Gasteiger partial charge in [0.1, 0.15) is 0 Å². The van der Waals surface area contributed by atoms with Crippen molar-refractivity contribution >= 4 is 5.91 Å². The van der Waals surface area contributed by atoms with E-state index in [1.165, 1.54) is 6.42 Å². The summed E-state index contributed by atoms with van der Waals surface area (Å²) >= 11 is 0. The smallest absolute Gasteiger partial charge is 0.253 e. The highest BCUT2D eigenvalue weighted by atomic mass is 16.2. The summed E-state index contributed by atoms with van der Waals surface area (Å²) in [5.41, 5.74) is 1.53. The monoisotopic (exact) mass is 285 g/mol. The van der Waals surface area contributed by atoms with Gasteiger partial charge in [0.2, 0.25) is 0 Å². The number of piperidine rings is 1. The fourth-order valence-electron chi connectivity index (χ4n) is 2.96. The molecule has 2 unspecified atom stereocenters. The Labute approximate surface area is 127 Å². The molecule has 1 amide bonds. The molecule has 1 heterocycles. The number of nitrogens with zero attached hydrogens (tertiary/aromatic N) is 1. The maximum atomic E-state index is 12.6. The molecule has 0 aromatic heterocycles. The van der Waals surface area contributed by atoms with Crippen molar-refractivity contribution in [3.05, 3.63) is 35.4 Å². The topological polar surface area (TPSA) is 40.5 Å². The van der Waals surface area contributed by atoms with Crippen molar-refractivity contribution in [3.8, 4) is 11.8 Å². The second kappa shape index (κ2) is 7.28. The molecule has 0 saturated carbocycles. The van der Waals surface area contributed by atoms with Gasteiger partial charge in [-0.15, -0.1) is 0 Å². The lowest BCUT2D eigenvalue weighted by Crippen LogP contribution is -2.42. The number of amides is 1. The van der Waals surface area contributed by atoms with E-state index in [9.17, 15) is 4.79 Å². The first kappa shape index (κ1) is 15.6. The Kier molecular flexibility index (Phi) is 5.41. The van der Waals surface area contributed by atoms with Crippen LogP contribution >= 0.6 is 0 Å². The van der Waals surface area contributed by atoms with Crippen LogP contribution in [0.15, 0.2) is 24.3 Å². The number of aliphatic hydroxyl groups excluding tert-OH is 1. The fourth-order valence-corrected chi connectivity index (χ4v) is 2.96. The van der Waals surface area contributed by atoms with Crippen LogP contribution in [0.25, 0.3) is 0 Å². The van der Waals surface area contributed by atoms with E-state index in [0.29, 0.717) is 23.8 Å². The zero-order valence-corrected chi connectivity index (χ0v) is 12.8. The number of likely N-dealkylation sites (tertiary alicyclic amines) is 1. The Balaban J connectivity index is 2.12. The average Bonchev–Trinajstić information content (AvgIpc) is 2.46. The second-order valence-corrected chi connectivity index (χ2v) is 6.01. The van der Waals surface area contributed by atoms with Gasteiger partial charge in [-0.25, -0.2) is 0 Å². The minimum Gasteiger partial charge on any atom is -0.395 e. The summed E-state index contributed by atoms with van der Waals surface area (Å²) in [6, 6.07) is 7.45. The number of aliphatic hydroxyl groups is 1. The molecule has 0 radical (unpaired) electrons. The standard InChI is InChI=1S/C18H23NO2/c1-14-10-15(2)13-19(12-14)18(21)17-8-5-7-16(11-17)6-3-4-9-20/h5,7-8,11,14-15,20H,4,9-10,12-13H2,1-2H3. The SMILES string of the molecule is CC1CC(C)CN(C(=O)c2cccc(C#CCCO)c2)C1. The number of rotatable bonds is 2. The largest absolute Gasteiger partial charge is 0.395 e. The third-order valence-corrected chi connectivity index (χ3v) is 3.74. The zero-order chi connectivity index (χ0) is 15.2. The van der Waals surface area contributed by atoms with Crippen molar-refractivity contribution in [2.75, 3.05) is 19.7 Å². The van der Waals surface area contributed by atoms with E-state index in [2.05, 4.69) is 25.7 Å². The lowest BCUT2D eigenvalue weighted by atomic mass is 9.91. The molecule has 1 aliphatic rings. The van der Waals surface area contributed by atoms with Crippen molar-refractivity contribution in [3.63, 3.8) is 0 Å². The Morgan fingerprint density at radius 1 is 1.33 bits per heavy atom. The molecule has 0 bridgehead atoms. The van der Waals surface area contributed by atoms with Gasteiger partial charge in [-0.2, -0.15) is 0 Å². The first-order chi connectivity index (χ1) is 10.1. The van der Waals surface area contributed by atoms with Crippen LogP contribution in [-0.2, 0) is 0 Å². The van der Waals surface area contributed by atoms with Crippen molar-refractivity contribution in [1.29, 1.82) is 0 Å². The van der Waals surface area contributed by atoms with Crippen LogP contribution < -0.4 is 0 Å². The quantitative estimate of drug-likeness (QED) is 0.848. The van der Waals surface area contributed by atoms with Gasteiger partial charge in [0.25, 0.3) is 5.91 Å². The first-order valence-electron chi connectivity index (χ1n) is 7.59. The number of hydrogen-bond acceptors (Lipinski definition) is 2. The second-order valence-electron chi connectivity index (χ2n) is 6.01. The number of hydrogen-bond donors (Lipinski definition) is 1. The maximum Gasteiger partial charge on any atom is 0.253 e. The van der Waals surface area contributed by atoms with E-state index in [0.717, 1.165) is 18.7 Å². The molecule has 1 aliphatic heterocycles. The minimum absolute atomic E-state index is 0.0647. The van der Waals surface area contributed by atoms with E-state index in [1.807, 2.05) is 29.2 Å². The molecule has 3 heteroatoms. The summed E-state index contributed by atoms with van der Waals surface area (Å²) in [6.07, 6.45) is 1.65. The fraction of sp³-hybridized carbons (Fsp3) is 0.500. The Bertz CT molecular complexity index is 546. The molecule has 1 saturated heterocycles. The zero-order valence-electron chi connectivity index (χ0n) is 12.8. The average molecular weight is 285 g/mol. The molecule has 3 nitrogen and oxygen atoms in total. The molecular weight excluding hydrogens is 262 g/mol. The summed E-state index contributed by atoms with van der Waals surface area (Å²) in [5.74, 6) is 7.08. The van der Waals surface area contributed by atoms with Crippen LogP contribution in [-0.4, -0.2) is 35.6 Å². The normalized spacial score (nSPS) is 21.6. The maximum absolute atomic E-state index is 12.6. The van der Waals surface area contributed by atoms with E-state index in [1.54, 1.807) is 0 Å². The third kappa shape index (κ3) is 4.34. The van der Waals surface area contributed by atoms with Gasteiger partial charge in [-0.05, 0) is 36.5 Å². The number of carbonyl (C=O) groups excluding carboxylic acids is 1. The molecule has 1 aromatic rings. The molecule has 112 valence electrons. The highest BCUT2D eigenvalue weighted by Gasteiger charge is 2.26. The van der Waals surface area contributed by atoms with Gasteiger partial charge < -0.3 is 10.0 Å². The molecule has 0 aliphatic carbocycles. The van der Waals surface area contributed by atoms with Crippen LogP contribution in [0.1, 0.15) is 42.6 Å². The predicted octanol–water partition coefficient (Wildman–Crippen LogP) is 2.54. The van der Waals surface area contributed by atoms with E-state index < -0.39 is 0 Å². The van der Waals surface area contributed by atoms with Crippen molar-refractivity contribution < 1.29 is 9.90 Å². The van der Waals surface area contributed by atoms with Crippen molar-refractivity contribution in [2.24, 2.45) is 11.8 Å². The van der Waals surface area contributed by atoms with Gasteiger partial charge in [0.15, 0.2) is 0 Å². The lowest BCUT2D eigenvalue weighted by Gasteiger charge is -2.35.